The first-order chi connectivity index (χ1) is 37.0. The van der Waals surface area contributed by atoms with Gasteiger partial charge in [0.25, 0.3) is 7.82 Å². The van der Waals surface area contributed by atoms with E-state index in [1.807, 2.05) is 21.1 Å². The number of phosphoric acid groups is 1. The van der Waals surface area contributed by atoms with E-state index in [-0.39, 0.29) is 32.0 Å². The van der Waals surface area contributed by atoms with Crippen molar-refractivity contribution < 1.29 is 42.1 Å². The van der Waals surface area contributed by atoms with Crippen molar-refractivity contribution in [1.29, 1.82) is 0 Å². The minimum Gasteiger partial charge on any atom is -0.756 e. The summed E-state index contributed by atoms with van der Waals surface area (Å²) in [5, 5.41) is 0. The second-order valence-corrected chi connectivity index (χ2v) is 23.8. The Hall–Kier alpha value is -2.55. The number of likely N-dealkylation sites (N-methyl/N-ethyl adjacent to an activating group) is 1. The molecular formula is C66H120NO8P. The highest BCUT2D eigenvalue weighted by Crippen LogP contribution is 2.38. The van der Waals surface area contributed by atoms with Crippen LogP contribution < -0.4 is 4.89 Å². The van der Waals surface area contributed by atoms with Crippen LogP contribution >= 0.6 is 7.82 Å². The standard InChI is InChI=1S/C66H120NO8P/c1-6-8-10-12-14-16-18-20-22-24-26-28-30-31-32-33-34-35-37-38-40-42-44-46-48-50-52-54-56-58-65(68)72-62-64(63-74-76(70,71)73-61-60-67(3,4)5)75-66(69)59-57-55-53-51-49-47-45-43-41-39-36-29-27-25-23-21-19-17-15-13-11-9-7-2/h9,11,15,17,21,23,27,29,39,41,45,47,64H,6-8,10,12-14,16,18-20,22,24-26,28,30-38,40,42-44,46,48-63H2,1-5H3/b11-9-,17-15-,23-21-,29-27-,41-39-,47-45-. The Labute approximate surface area is 469 Å². The number of phosphoric ester groups is 1. The van der Waals surface area contributed by atoms with Gasteiger partial charge in [-0.1, -0.05) is 279 Å². The molecule has 2 unspecified atom stereocenters. The first kappa shape index (κ1) is 73.5. The monoisotopic (exact) mass is 1090 g/mol. The Bertz CT molecular complexity index is 1510. The molecular weight excluding hydrogens is 966 g/mol. The second kappa shape index (κ2) is 57.1. The average Bonchev–Trinajstić information content (AvgIpc) is 3.38. The Balaban J connectivity index is 4.12. The zero-order valence-corrected chi connectivity index (χ0v) is 51.1. The van der Waals surface area contributed by atoms with Gasteiger partial charge in [0.1, 0.15) is 19.8 Å². The number of esters is 2. The van der Waals surface area contributed by atoms with E-state index in [9.17, 15) is 19.0 Å². The van der Waals surface area contributed by atoms with Crippen LogP contribution in [0.2, 0.25) is 0 Å². The van der Waals surface area contributed by atoms with Gasteiger partial charge in [-0.3, -0.25) is 14.2 Å². The Kier molecular flexibility index (Phi) is 55.2. The summed E-state index contributed by atoms with van der Waals surface area (Å²) < 4.78 is 34.2. The van der Waals surface area contributed by atoms with Crippen molar-refractivity contribution in [2.75, 3.05) is 47.5 Å². The number of unbranched alkanes of at least 4 members (excludes halogenated alkanes) is 32. The minimum atomic E-state index is -4.65. The molecule has 0 aliphatic carbocycles. The largest absolute Gasteiger partial charge is 0.756 e. The molecule has 0 aliphatic rings. The van der Waals surface area contributed by atoms with Gasteiger partial charge in [-0.05, 0) is 64.2 Å². The summed E-state index contributed by atoms with van der Waals surface area (Å²) in [5.41, 5.74) is 0. The van der Waals surface area contributed by atoms with E-state index in [0.29, 0.717) is 17.4 Å². The Morgan fingerprint density at radius 2 is 0.750 bits per heavy atom. The van der Waals surface area contributed by atoms with Gasteiger partial charge in [0.15, 0.2) is 6.10 Å². The van der Waals surface area contributed by atoms with Gasteiger partial charge in [-0.25, -0.2) is 0 Å². The van der Waals surface area contributed by atoms with E-state index in [0.717, 1.165) is 83.5 Å². The molecule has 10 heteroatoms. The van der Waals surface area contributed by atoms with Crippen molar-refractivity contribution >= 4 is 19.8 Å². The molecule has 0 fully saturated rings. The van der Waals surface area contributed by atoms with Crippen molar-refractivity contribution in [3.63, 3.8) is 0 Å². The van der Waals surface area contributed by atoms with Gasteiger partial charge in [0, 0.05) is 12.8 Å². The zero-order valence-electron chi connectivity index (χ0n) is 50.2. The van der Waals surface area contributed by atoms with E-state index in [2.05, 4.69) is 86.8 Å². The number of nitrogens with zero attached hydrogens (tertiary/aromatic N) is 1. The molecule has 0 bridgehead atoms. The topological polar surface area (TPSA) is 111 Å². The third-order valence-corrected chi connectivity index (χ3v) is 14.7. The van der Waals surface area contributed by atoms with Gasteiger partial charge in [-0.15, -0.1) is 0 Å². The fourth-order valence-corrected chi connectivity index (χ4v) is 9.63. The molecule has 0 saturated carbocycles. The van der Waals surface area contributed by atoms with Crippen molar-refractivity contribution in [2.45, 2.75) is 290 Å². The molecule has 442 valence electrons. The lowest BCUT2D eigenvalue weighted by molar-refractivity contribution is -0.870. The predicted octanol–water partition coefficient (Wildman–Crippen LogP) is 19.4. The Morgan fingerprint density at radius 3 is 1.12 bits per heavy atom. The van der Waals surface area contributed by atoms with Crippen LogP contribution in [0, 0.1) is 0 Å². The summed E-state index contributed by atoms with van der Waals surface area (Å²) in [6.45, 7) is 4.13. The van der Waals surface area contributed by atoms with E-state index < -0.39 is 26.5 Å². The van der Waals surface area contributed by atoms with Crippen molar-refractivity contribution in [2.24, 2.45) is 0 Å². The van der Waals surface area contributed by atoms with Crippen LogP contribution in [-0.2, 0) is 32.7 Å². The SMILES string of the molecule is CC/C=C\C/C=C\C/C=C\C/C=C\C/C=C\C/C=C\CCCCCCC(=O)OC(COC(=O)CCCCCCCCCCCCCCCCCCCCCCCCCCCCCCC)COP(=O)([O-])OCC[N+](C)(C)C. The van der Waals surface area contributed by atoms with Crippen LogP contribution in [0.5, 0.6) is 0 Å². The number of carbonyl (C=O) groups excluding carboxylic acids is 2. The van der Waals surface area contributed by atoms with Crippen LogP contribution in [0.3, 0.4) is 0 Å². The third kappa shape index (κ3) is 60.7. The number of rotatable bonds is 58. The van der Waals surface area contributed by atoms with E-state index in [1.165, 1.54) is 167 Å². The van der Waals surface area contributed by atoms with Gasteiger partial charge in [0.05, 0.1) is 27.7 Å². The molecule has 0 heterocycles. The lowest BCUT2D eigenvalue weighted by Crippen LogP contribution is -2.37. The smallest absolute Gasteiger partial charge is 0.306 e. The molecule has 0 N–H and O–H groups in total. The van der Waals surface area contributed by atoms with Gasteiger partial charge < -0.3 is 27.9 Å². The summed E-state index contributed by atoms with van der Waals surface area (Å²) >= 11 is 0. The molecule has 9 nitrogen and oxygen atoms in total. The zero-order chi connectivity index (χ0) is 55.6. The first-order valence-corrected chi connectivity index (χ1v) is 33.1. The van der Waals surface area contributed by atoms with Crippen molar-refractivity contribution in [3.05, 3.63) is 72.9 Å². The highest BCUT2D eigenvalue weighted by atomic mass is 31.2. The molecule has 0 aromatic carbocycles. The summed E-state index contributed by atoms with van der Waals surface area (Å²) in [6, 6.07) is 0. The molecule has 0 rings (SSSR count). The molecule has 0 aromatic heterocycles. The highest BCUT2D eigenvalue weighted by Gasteiger charge is 2.22. The summed E-state index contributed by atoms with van der Waals surface area (Å²) in [6.07, 6.45) is 75.4. The minimum absolute atomic E-state index is 0.0382. The molecule has 0 spiro atoms. The van der Waals surface area contributed by atoms with Crippen LogP contribution in [0.4, 0.5) is 0 Å². The molecule has 0 amide bonds. The first-order valence-electron chi connectivity index (χ1n) is 31.6. The highest BCUT2D eigenvalue weighted by molar-refractivity contribution is 7.45. The molecule has 0 aliphatic heterocycles. The second-order valence-electron chi connectivity index (χ2n) is 22.4. The maximum atomic E-state index is 12.8. The van der Waals surface area contributed by atoms with Crippen LogP contribution in [0.25, 0.3) is 0 Å². The number of hydrogen-bond acceptors (Lipinski definition) is 8. The number of quaternary nitrogens is 1. The summed E-state index contributed by atoms with van der Waals surface area (Å²) in [5.74, 6) is -0.855. The quantitative estimate of drug-likeness (QED) is 0.0195. The molecule has 0 aromatic rings. The molecule has 0 radical (unpaired) electrons. The van der Waals surface area contributed by atoms with E-state index in [4.69, 9.17) is 18.5 Å². The third-order valence-electron chi connectivity index (χ3n) is 13.7. The number of ether oxygens (including phenoxy) is 2. The van der Waals surface area contributed by atoms with Crippen molar-refractivity contribution in [1.82, 2.24) is 0 Å². The van der Waals surface area contributed by atoms with Gasteiger partial charge in [-0.2, -0.15) is 0 Å². The fourth-order valence-electron chi connectivity index (χ4n) is 8.90. The number of hydrogen-bond donors (Lipinski definition) is 0. The van der Waals surface area contributed by atoms with E-state index >= 15 is 0 Å². The number of carbonyl (C=O) groups is 2. The molecule has 2 atom stereocenters. The predicted molar refractivity (Wildman–Crippen MR) is 323 cm³/mol. The van der Waals surface area contributed by atoms with Crippen LogP contribution in [0.15, 0.2) is 72.9 Å². The lowest BCUT2D eigenvalue weighted by atomic mass is 10.0. The summed E-state index contributed by atoms with van der Waals surface area (Å²) in [4.78, 5) is 37.9. The summed E-state index contributed by atoms with van der Waals surface area (Å²) in [7, 11) is 1.15. The van der Waals surface area contributed by atoms with E-state index in [1.54, 1.807) is 0 Å². The fraction of sp³-hybridized carbons (Fsp3) is 0.788. The maximum Gasteiger partial charge on any atom is 0.306 e. The van der Waals surface area contributed by atoms with Gasteiger partial charge >= 0.3 is 11.9 Å². The number of allylic oxidation sites excluding steroid dienone is 12. The van der Waals surface area contributed by atoms with Crippen LogP contribution in [-0.4, -0.2) is 70.0 Å². The van der Waals surface area contributed by atoms with Gasteiger partial charge in [0.2, 0.25) is 0 Å². The maximum absolute atomic E-state index is 12.8. The molecule has 0 saturated heterocycles. The van der Waals surface area contributed by atoms with Crippen molar-refractivity contribution in [3.8, 4) is 0 Å². The average molecular weight is 1090 g/mol. The van der Waals surface area contributed by atoms with Crippen LogP contribution in [0.1, 0.15) is 284 Å². The normalized spacial score (nSPS) is 13.7. The lowest BCUT2D eigenvalue weighted by Gasteiger charge is -2.28. The molecule has 76 heavy (non-hydrogen) atoms. The Morgan fingerprint density at radius 1 is 0.421 bits per heavy atom.